The monoisotopic (exact) mass is 326 g/mol. The predicted octanol–water partition coefficient (Wildman–Crippen LogP) is 2.00. The number of rotatable bonds is 5. The Labute approximate surface area is 136 Å². The number of fused-ring (bicyclic) bond motifs is 1. The van der Waals surface area contributed by atoms with Crippen molar-refractivity contribution in [1.82, 2.24) is 9.66 Å². The van der Waals surface area contributed by atoms with Crippen LogP contribution in [0, 0.1) is 0 Å². The van der Waals surface area contributed by atoms with Crippen LogP contribution in [0.3, 0.4) is 0 Å². The van der Waals surface area contributed by atoms with E-state index in [1.165, 1.54) is 11.8 Å². The van der Waals surface area contributed by atoms with Gasteiger partial charge in [0.1, 0.15) is 6.33 Å². The number of imidazole rings is 1. The van der Waals surface area contributed by atoms with Gasteiger partial charge in [-0.05, 0) is 24.3 Å². The maximum absolute atomic E-state index is 12.5. The summed E-state index contributed by atoms with van der Waals surface area (Å²) in [7, 11) is 0. The molecule has 0 saturated heterocycles. The maximum atomic E-state index is 12.5. The van der Waals surface area contributed by atoms with Crippen LogP contribution in [0.4, 0.5) is 0 Å². The van der Waals surface area contributed by atoms with Gasteiger partial charge >= 0.3 is 0 Å². The van der Waals surface area contributed by atoms with E-state index in [1.54, 1.807) is 29.2 Å². The number of para-hydroxylation sites is 2. The van der Waals surface area contributed by atoms with Gasteiger partial charge in [0.25, 0.3) is 5.91 Å². The third kappa shape index (κ3) is 3.35. The second-order valence-electron chi connectivity index (χ2n) is 4.80. The minimum absolute atomic E-state index is 0.123. The summed E-state index contributed by atoms with van der Waals surface area (Å²) in [4.78, 5) is 28.4. The largest absolute Gasteiger partial charge is 0.369 e. The number of nitrogens with zero attached hydrogens (tertiary/aromatic N) is 2. The number of primary amides is 1. The van der Waals surface area contributed by atoms with E-state index in [2.05, 4.69) is 10.4 Å². The van der Waals surface area contributed by atoms with Crippen LogP contribution in [0.15, 0.2) is 59.8 Å². The van der Waals surface area contributed by atoms with Crippen LogP contribution in [0.25, 0.3) is 11.0 Å². The minimum Gasteiger partial charge on any atom is -0.369 e. The van der Waals surface area contributed by atoms with E-state index in [-0.39, 0.29) is 11.7 Å². The van der Waals surface area contributed by atoms with Gasteiger partial charge in [-0.3, -0.25) is 15.0 Å². The van der Waals surface area contributed by atoms with Crippen LogP contribution < -0.4 is 11.2 Å². The van der Waals surface area contributed by atoms with Crippen molar-refractivity contribution in [3.8, 4) is 0 Å². The van der Waals surface area contributed by atoms with Gasteiger partial charge in [0, 0.05) is 4.90 Å². The van der Waals surface area contributed by atoms with E-state index in [0.717, 1.165) is 11.0 Å². The Bertz CT molecular complexity index is 875. The molecule has 1 heterocycles. The van der Waals surface area contributed by atoms with E-state index in [0.29, 0.717) is 10.5 Å². The lowest BCUT2D eigenvalue weighted by molar-refractivity contribution is -0.115. The number of hydrogen-bond acceptors (Lipinski definition) is 4. The summed E-state index contributed by atoms with van der Waals surface area (Å²) in [5.74, 6) is -0.579. The first-order valence-corrected chi connectivity index (χ1v) is 7.87. The number of hydrogen-bond donors (Lipinski definition) is 2. The zero-order valence-corrected chi connectivity index (χ0v) is 12.9. The van der Waals surface area contributed by atoms with Crippen molar-refractivity contribution in [2.24, 2.45) is 5.73 Å². The first-order valence-electron chi connectivity index (χ1n) is 6.89. The number of nitrogens with one attached hydrogen (secondary N) is 1. The van der Waals surface area contributed by atoms with E-state index < -0.39 is 5.91 Å². The molecule has 2 amide bonds. The number of amides is 2. The van der Waals surface area contributed by atoms with Crippen molar-refractivity contribution < 1.29 is 9.59 Å². The van der Waals surface area contributed by atoms with Crippen LogP contribution >= 0.6 is 11.8 Å². The third-order valence-corrected chi connectivity index (χ3v) is 4.27. The highest BCUT2D eigenvalue weighted by Gasteiger charge is 2.13. The molecule has 23 heavy (non-hydrogen) atoms. The molecule has 0 saturated carbocycles. The molecule has 0 unspecified atom stereocenters. The molecule has 1 aromatic heterocycles. The van der Waals surface area contributed by atoms with Crippen molar-refractivity contribution in [3.05, 3.63) is 60.4 Å². The number of aromatic nitrogens is 2. The van der Waals surface area contributed by atoms with Gasteiger partial charge in [-0.25, -0.2) is 9.66 Å². The molecule has 6 nitrogen and oxygen atoms in total. The van der Waals surface area contributed by atoms with Crippen molar-refractivity contribution in [3.63, 3.8) is 0 Å². The Balaban J connectivity index is 1.85. The van der Waals surface area contributed by atoms with E-state index in [1.807, 2.05) is 30.3 Å². The van der Waals surface area contributed by atoms with Gasteiger partial charge in [-0.15, -0.1) is 11.8 Å². The molecular weight excluding hydrogens is 312 g/mol. The quantitative estimate of drug-likeness (QED) is 0.702. The van der Waals surface area contributed by atoms with Crippen molar-refractivity contribution in [2.75, 3.05) is 11.2 Å². The molecule has 0 aliphatic rings. The van der Waals surface area contributed by atoms with Crippen LogP contribution in [-0.2, 0) is 4.79 Å². The lowest BCUT2D eigenvalue weighted by Crippen LogP contribution is -2.22. The summed E-state index contributed by atoms with van der Waals surface area (Å²) >= 11 is 1.24. The summed E-state index contributed by atoms with van der Waals surface area (Å²) in [6, 6.07) is 14.6. The molecule has 0 aliphatic heterocycles. The first kappa shape index (κ1) is 15.1. The van der Waals surface area contributed by atoms with Crippen molar-refractivity contribution in [2.45, 2.75) is 4.90 Å². The second kappa shape index (κ2) is 6.53. The molecule has 0 aliphatic carbocycles. The van der Waals surface area contributed by atoms with Crippen LogP contribution in [0.5, 0.6) is 0 Å². The summed E-state index contributed by atoms with van der Waals surface area (Å²) in [6.07, 6.45) is 1.56. The summed E-state index contributed by atoms with van der Waals surface area (Å²) in [5.41, 5.74) is 10.0. The van der Waals surface area contributed by atoms with Gasteiger partial charge in [0.05, 0.1) is 22.3 Å². The fourth-order valence-corrected chi connectivity index (χ4v) is 2.94. The number of carbonyl (C=O) groups excluding carboxylic acids is 2. The fraction of sp³-hybridized carbons (Fsp3) is 0.0625. The van der Waals surface area contributed by atoms with Gasteiger partial charge in [0.15, 0.2) is 0 Å². The molecule has 3 aromatic rings. The Kier molecular flexibility index (Phi) is 4.29. The van der Waals surface area contributed by atoms with Gasteiger partial charge in [-0.1, -0.05) is 24.3 Å². The van der Waals surface area contributed by atoms with E-state index in [9.17, 15) is 9.59 Å². The zero-order valence-electron chi connectivity index (χ0n) is 12.1. The Hall–Kier alpha value is -2.80. The molecule has 3 rings (SSSR count). The molecule has 3 N–H and O–H groups in total. The minimum atomic E-state index is -0.425. The predicted molar refractivity (Wildman–Crippen MR) is 89.8 cm³/mol. The fourth-order valence-electron chi connectivity index (χ4n) is 2.15. The number of benzene rings is 2. The Morgan fingerprint density at radius 2 is 1.87 bits per heavy atom. The summed E-state index contributed by atoms with van der Waals surface area (Å²) in [5, 5.41) is 0. The molecule has 0 bridgehead atoms. The van der Waals surface area contributed by atoms with Crippen LogP contribution in [0.2, 0.25) is 0 Å². The number of thioether (sulfide) groups is 1. The molecule has 0 radical (unpaired) electrons. The van der Waals surface area contributed by atoms with Crippen molar-refractivity contribution in [1.29, 1.82) is 0 Å². The van der Waals surface area contributed by atoms with E-state index in [4.69, 9.17) is 5.73 Å². The zero-order chi connectivity index (χ0) is 16.2. The average Bonchev–Trinajstić information content (AvgIpc) is 2.96. The smallest absolute Gasteiger partial charge is 0.271 e. The van der Waals surface area contributed by atoms with Gasteiger partial charge < -0.3 is 5.73 Å². The van der Waals surface area contributed by atoms with Gasteiger partial charge in [0.2, 0.25) is 5.91 Å². The maximum Gasteiger partial charge on any atom is 0.271 e. The number of nitrogens with two attached hydrogens (primary N) is 1. The molecule has 0 spiro atoms. The third-order valence-electron chi connectivity index (χ3n) is 3.18. The molecule has 0 fully saturated rings. The standard InChI is InChI=1S/C16H14N4O2S/c17-15(21)9-23-14-8-4-1-5-11(14)16(22)19-20-10-18-12-6-2-3-7-13(12)20/h1-8,10H,9H2,(H2,17,21)(H,19,22). The van der Waals surface area contributed by atoms with Crippen LogP contribution in [-0.4, -0.2) is 27.2 Å². The highest BCUT2D eigenvalue weighted by atomic mass is 32.2. The van der Waals surface area contributed by atoms with E-state index >= 15 is 0 Å². The highest BCUT2D eigenvalue weighted by molar-refractivity contribution is 8.00. The SMILES string of the molecule is NC(=O)CSc1ccccc1C(=O)Nn1cnc2ccccc21. The molecule has 116 valence electrons. The molecule has 7 heteroatoms. The molecular formula is C16H14N4O2S. The summed E-state index contributed by atoms with van der Waals surface area (Å²) < 4.78 is 1.58. The average molecular weight is 326 g/mol. The highest BCUT2D eigenvalue weighted by Crippen LogP contribution is 2.22. The molecule has 2 aromatic carbocycles. The topological polar surface area (TPSA) is 90.0 Å². The lowest BCUT2D eigenvalue weighted by Gasteiger charge is -2.10. The normalized spacial score (nSPS) is 10.6. The second-order valence-corrected chi connectivity index (χ2v) is 5.81. The molecule has 0 atom stereocenters. The summed E-state index contributed by atoms with van der Waals surface area (Å²) in [6.45, 7) is 0. The van der Waals surface area contributed by atoms with Gasteiger partial charge in [-0.2, -0.15) is 0 Å². The lowest BCUT2D eigenvalue weighted by atomic mass is 10.2. The van der Waals surface area contributed by atoms with Crippen LogP contribution in [0.1, 0.15) is 10.4 Å². The number of carbonyl (C=O) groups is 2. The first-order chi connectivity index (χ1) is 11.1. The Morgan fingerprint density at radius 3 is 2.70 bits per heavy atom. The Morgan fingerprint density at radius 1 is 1.13 bits per heavy atom. The van der Waals surface area contributed by atoms with Crippen molar-refractivity contribution >= 4 is 34.6 Å².